The van der Waals surface area contributed by atoms with E-state index in [1.54, 1.807) is 0 Å². The van der Waals surface area contributed by atoms with Crippen molar-refractivity contribution in [1.29, 1.82) is 0 Å². The van der Waals surface area contributed by atoms with Crippen molar-refractivity contribution in [3.63, 3.8) is 0 Å². The monoisotopic (exact) mass is 341 g/mol. The Morgan fingerprint density at radius 3 is 1.24 bits per heavy atom. The Kier molecular flexibility index (Phi) is 19.6. The molecule has 3 heteroatoms. The first-order chi connectivity index (χ1) is 8.99. The fourth-order valence-electron chi connectivity index (χ4n) is 1.66. The molecular weight excluding hydrogens is 314 g/mol. The van der Waals surface area contributed by atoms with Crippen LogP contribution in [0.3, 0.4) is 0 Å². The van der Waals surface area contributed by atoms with E-state index < -0.39 is 0 Å². The molecule has 0 radical (unpaired) electrons. The molecule has 0 saturated heterocycles. The van der Waals surface area contributed by atoms with Gasteiger partial charge in [0.25, 0.3) is 0 Å². The Morgan fingerprint density at radius 2 is 1.19 bits per heavy atom. The summed E-state index contributed by atoms with van der Waals surface area (Å²) < 4.78 is 0. The molecule has 1 nitrogen and oxygen atoms in total. The van der Waals surface area contributed by atoms with Crippen LogP contribution in [0.4, 0.5) is 0 Å². The Balaban J connectivity index is -0.000000225. The third-order valence-electron chi connectivity index (χ3n) is 2.58. The van der Waals surface area contributed by atoms with Crippen molar-refractivity contribution >= 4 is 0 Å². The zero-order valence-corrected chi connectivity index (χ0v) is 16.5. The minimum atomic E-state index is 0. The maximum Gasteiger partial charge on any atom is 4.00 e. The van der Waals surface area contributed by atoms with Crippen molar-refractivity contribution in [2.45, 2.75) is 41.5 Å². The molecule has 0 aromatic heterocycles. The first-order valence-electron chi connectivity index (χ1n) is 7.02. The van der Waals surface area contributed by atoms with Crippen molar-refractivity contribution in [2.75, 3.05) is 13.1 Å². The normalized spacial score (nSPS) is 8.29. The second kappa shape index (κ2) is 16.0. The van der Waals surface area contributed by atoms with E-state index in [9.17, 15) is 0 Å². The molecule has 0 unspecified atom stereocenters. The predicted molar refractivity (Wildman–Crippen MR) is 87.5 cm³/mol. The quantitative estimate of drug-likeness (QED) is 0.588. The Morgan fingerprint density at radius 1 is 0.857 bits per heavy atom. The molecule has 2 aromatic rings. The van der Waals surface area contributed by atoms with Crippen LogP contribution >= 0.6 is 0 Å². The van der Waals surface area contributed by atoms with Gasteiger partial charge in [-0.3, -0.25) is 0 Å². The van der Waals surface area contributed by atoms with Gasteiger partial charge in [-0.25, -0.2) is 23.3 Å². The van der Waals surface area contributed by atoms with Gasteiger partial charge in [0, 0.05) is 0 Å². The predicted octanol–water partition coefficient (Wildman–Crippen LogP) is 2.45. The molecule has 0 N–H and O–H groups in total. The van der Waals surface area contributed by atoms with Gasteiger partial charge in [0.15, 0.2) is 0 Å². The second-order valence-electron chi connectivity index (χ2n) is 4.79. The third kappa shape index (κ3) is 15.9. The van der Waals surface area contributed by atoms with E-state index in [2.05, 4.69) is 69.4 Å². The molecule has 0 aliphatic carbocycles. The van der Waals surface area contributed by atoms with Gasteiger partial charge >= 0.3 is 21.7 Å². The van der Waals surface area contributed by atoms with Crippen LogP contribution in [0.15, 0.2) is 36.4 Å². The molecule has 0 amide bonds. The molecule has 0 spiro atoms. The van der Waals surface area contributed by atoms with Crippen LogP contribution in [0.2, 0.25) is 0 Å². The summed E-state index contributed by atoms with van der Waals surface area (Å²) in [6.07, 6.45) is 0. The van der Waals surface area contributed by atoms with Crippen LogP contribution in [0.1, 0.15) is 36.1 Å². The molecule has 0 bridgehead atoms. The summed E-state index contributed by atoms with van der Waals surface area (Å²) in [5, 5.41) is 3.97. The minimum Gasteiger partial charge on any atom is -1.00 e. The first-order valence-corrected chi connectivity index (χ1v) is 7.02. The van der Waals surface area contributed by atoms with Gasteiger partial charge in [-0.15, -0.1) is 0 Å². The van der Waals surface area contributed by atoms with Crippen LogP contribution in [0.25, 0.3) is 5.32 Å². The number of aryl methyl sites for hydroxylation is 4. The van der Waals surface area contributed by atoms with E-state index in [1.165, 1.54) is 22.3 Å². The summed E-state index contributed by atoms with van der Waals surface area (Å²) in [6, 6.07) is 12.8. The molecule has 0 saturated carbocycles. The van der Waals surface area contributed by atoms with Crippen LogP contribution < -0.4 is 12.4 Å². The summed E-state index contributed by atoms with van der Waals surface area (Å²) in [5.74, 6) is 0. The van der Waals surface area contributed by atoms with Crippen molar-refractivity contribution in [2.24, 2.45) is 0 Å². The summed E-state index contributed by atoms with van der Waals surface area (Å²) >= 11 is 0. The number of halogens is 1. The van der Waals surface area contributed by atoms with Gasteiger partial charge in [0.1, 0.15) is 0 Å². The molecule has 2 rings (SSSR count). The maximum absolute atomic E-state index is 3.97. The fourth-order valence-corrected chi connectivity index (χ4v) is 1.66. The first kappa shape index (κ1) is 25.6. The Labute approximate surface area is 152 Å². The van der Waals surface area contributed by atoms with Crippen molar-refractivity contribution in [1.82, 2.24) is 0 Å². The van der Waals surface area contributed by atoms with E-state index in [0.29, 0.717) is 0 Å². The Hall–Kier alpha value is -0.336. The SMILES string of the molecule is CC[N-]CC.Cc1cc[c-](C)c1.Cc1cc[c-](C)c1.[Cl-].[Ti+4]. The maximum atomic E-state index is 3.97. The standard InChI is InChI=1S/2C7H9.C4H10N.ClH.Ti/c2*1-6-3-4-7(2)5-6;1-3-5-4-2;;/h2*3-5H,1-2H3;3-4H2,1-2H3;1H;/q3*-1;;+4/p-1. The number of rotatable bonds is 2. The van der Waals surface area contributed by atoms with Gasteiger partial charge in [0.2, 0.25) is 0 Å². The molecular formula is C18H28ClNTi. The van der Waals surface area contributed by atoms with Gasteiger partial charge < -0.3 is 17.7 Å². The molecule has 0 aliphatic heterocycles. The van der Waals surface area contributed by atoms with Gasteiger partial charge in [-0.2, -0.15) is 48.5 Å². The van der Waals surface area contributed by atoms with Crippen LogP contribution in [-0.4, -0.2) is 13.1 Å². The van der Waals surface area contributed by atoms with Crippen molar-refractivity contribution < 1.29 is 34.1 Å². The van der Waals surface area contributed by atoms with Crippen LogP contribution in [0, 0.1) is 27.7 Å². The molecule has 0 aliphatic rings. The number of hydrogen-bond donors (Lipinski definition) is 0. The third-order valence-corrected chi connectivity index (χ3v) is 2.58. The summed E-state index contributed by atoms with van der Waals surface area (Å²) in [6.45, 7) is 14.4. The molecule has 2 aromatic carbocycles. The average molecular weight is 342 g/mol. The van der Waals surface area contributed by atoms with Crippen molar-refractivity contribution in [3.8, 4) is 0 Å². The topological polar surface area (TPSA) is 14.1 Å². The van der Waals surface area contributed by atoms with E-state index in [1.807, 2.05) is 13.8 Å². The molecule has 21 heavy (non-hydrogen) atoms. The number of hydrogen-bond acceptors (Lipinski definition) is 0. The van der Waals surface area contributed by atoms with Crippen LogP contribution in [0.5, 0.6) is 0 Å². The van der Waals surface area contributed by atoms with Crippen molar-refractivity contribution in [3.05, 3.63) is 64.0 Å². The zero-order chi connectivity index (χ0) is 14.7. The summed E-state index contributed by atoms with van der Waals surface area (Å²) in [4.78, 5) is 0. The summed E-state index contributed by atoms with van der Waals surface area (Å²) in [7, 11) is 0. The van der Waals surface area contributed by atoms with E-state index >= 15 is 0 Å². The van der Waals surface area contributed by atoms with Gasteiger partial charge in [-0.05, 0) is 0 Å². The Bertz CT molecular complexity index is 359. The van der Waals surface area contributed by atoms with Crippen LogP contribution in [-0.2, 0) is 21.7 Å². The van der Waals surface area contributed by atoms with E-state index in [0.717, 1.165) is 13.1 Å². The average Bonchev–Trinajstić information content (AvgIpc) is 2.90. The minimum absolute atomic E-state index is 0. The molecule has 116 valence electrons. The second-order valence-corrected chi connectivity index (χ2v) is 4.79. The largest absolute Gasteiger partial charge is 4.00 e. The van der Waals surface area contributed by atoms with Gasteiger partial charge in [-0.1, -0.05) is 41.5 Å². The zero-order valence-electron chi connectivity index (χ0n) is 14.2. The molecule has 0 fully saturated rings. The number of nitrogens with zero attached hydrogens (tertiary/aromatic N) is 1. The fraction of sp³-hybridized carbons (Fsp3) is 0.444. The summed E-state index contributed by atoms with van der Waals surface area (Å²) in [5.41, 5.74) is 5.44. The molecule has 0 atom stereocenters. The molecule has 0 heterocycles. The van der Waals surface area contributed by atoms with E-state index in [4.69, 9.17) is 0 Å². The van der Waals surface area contributed by atoms with Gasteiger partial charge in [0.05, 0.1) is 0 Å². The smallest absolute Gasteiger partial charge is 1.00 e. The van der Waals surface area contributed by atoms with E-state index in [-0.39, 0.29) is 34.1 Å².